The van der Waals surface area contributed by atoms with Crippen molar-refractivity contribution in [3.63, 3.8) is 0 Å². The highest BCUT2D eigenvalue weighted by Crippen LogP contribution is 2.36. The summed E-state index contributed by atoms with van der Waals surface area (Å²) in [5.41, 5.74) is 1.000. The molecule has 0 bridgehead atoms. The lowest BCUT2D eigenvalue weighted by atomic mass is 9.85. The van der Waals surface area contributed by atoms with E-state index in [1.165, 1.54) is 30.9 Å². The zero-order valence-corrected chi connectivity index (χ0v) is 12.2. The van der Waals surface area contributed by atoms with Crippen molar-refractivity contribution in [1.82, 2.24) is 15.1 Å². The molecule has 5 nitrogen and oxygen atoms in total. The zero-order valence-electron chi connectivity index (χ0n) is 11.4. The second kappa shape index (κ2) is 5.21. The lowest BCUT2D eigenvalue weighted by Crippen LogP contribution is -2.08. The Morgan fingerprint density at radius 3 is 2.82 bits per heavy atom. The molecule has 0 atom stereocenters. The third kappa shape index (κ3) is 2.29. The third-order valence-corrected chi connectivity index (χ3v) is 4.11. The van der Waals surface area contributed by atoms with Gasteiger partial charge in [0.2, 0.25) is 5.82 Å². The van der Waals surface area contributed by atoms with E-state index in [4.69, 9.17) is 20.5 Å². The zero-order chi connectivity index (χ0) is 15.1. The van der Waals surface area contributed by atoms with Gasteiger partial charge in [0.05, 0.1) is 5.02 Å². The monoisotopic (exact) mass is 319 g/mol. The number of halogens is 2. The molecule has 3 aromatic rings. The van der Waals surface area contributed by atoms with Crippen LogP contribution in [0.3, 0.4) is 0 Å². The molecule has 0 aliphatic heterocycles. The first-order chi connectivity index (χ1) is 10.7. The van der Waals surface area contributed by atoms with E-state index in [-0.39, 0.29) is 16.7 Å². The van der Waals surface area contributed by atoms with E-state index < -0.39 is 5.82 Å². The Labute approximate surface area is 130 Å². The molecule has 0 amide bonds. The largest absolute Gasteiger partial charge is 0.448 e. The Morgan fingerprint density at radius 1 is 1.23 bits per heavy atom. The number of oxazole rings is 1. The van der Waals surface area contributed by atoms with Gasteiger partial charge >= 0.3 is 0 Å². The predicted octanol–water partition coefficient (Wildman–Crippen LogP) is 4.45. The van der Waals surface area contributed by atoms with Crippen molar-refractivity contribution in [1.29, 1.82) is 0 Å². The topological polar surface area (TPSA) is 65.0 Å². The first kappa shape index (κ1) is 13.5. The fraction of sp³-hybridized carbons (Fsp3) is 0.267. The van der Waals surface area contributed by atoms with Gasteiger partial charge in [-0.25, -0.2) is 9.37 Å². The fourth-order valence-corrected chi connectivity index (χ4v) is 2.59. The van der Waals surface area contributed by atoms with Crippen molar-refractivity contribution in [2.45, 2.75) is 25.2 Å². The maximum absolute atomic E-state index is 13.1. The summed E-state index contributed by atoms with van der Waals surface area (Å²) < 4.78 is 23.7. The first-order valence-corrected chi connectivity index (χ1v) is 7.33. The Bertz CT molecular complexity index is 826. The molecule has 2 aromatic heterocycles. The first-order valence-electron chi connectivity index (χ1n) is 6.95. The molecule has 1 aliphatic rings. The molecule has 22 heavy (non-hydrogen) atoms. The molecule has 2 heterocycles. The van der Waals surface area contributed by atoms with Gasteiger partial charge in [-0.3, -0.25) is 0 Å². The van der Waals surface area contributed by atoms with E-state index in [1.807, 2.05) is 0 Å². The summed E-state index contributed by atoms with van der Waals surface area (Å²) in [6.45, 7) is 0. The average molecular weight is 320 g/mol. The molecule has 0 saturated heterocycles. The summed E-state index contributed by atoms with van der Waals surface area (Å²) >= 11 is 6.00. The van der Waals surface area contributed by atoms with Crippen LogP contribution >= 0.6 is 11.6 Å². The molecule has 0 N–H and O–H groups in total. The summed E-state index contributed by atoms with van der Waals surface area (Å²) in [5.74, 6) is 1.22. The molecule has 1 saturated carbocycles. The number of aromatic nitrogens is 3. The normalized spacial score (nSPS) is 15.0. The molecular formula is C15H11ClFN3O2. The second-order valence-electron chi connectivity index (χ2n) is 5.25. The van der Waals surface area contributed by atoms with Gasteiger partial charge in [-0.2, -0.15) is 4.98 Å². The van der Waals surface area contributed by atoms with Crippen molar-refractivity contribution >= 4 is 11.6 Å². The van der Waals surface area contributed by atoms with Gasteiger partial charge in [0.1, 0.15) is 12.1 Å². The minimum absolute atomic E-state index is 0.225. The van der Waals surface area contributed by atoms with Crippen molar-refractivity contribution in [2.75, 3.05) is 0 Å². The van der Waals surface area contributed by atoms with E-state index in [2.05, 4.69) is 15.1 Å². The van der Waals surface area contributed by atoms with Gasteiger partial charge in [0, 0.05) is 11.5 Å². The molecule has 1 aliphatic carbocycles. The average Bonchev–Trinajstić information content (AvgIpc) is 3.05. The minimum atomic E-state index is -0.417. The summed E-state index contributed by atoms with van der Waals surface area (Å²) in [6, 6.07) is 4.01. The van der Waals surface area contributed by atoms with Crippen LogP contribution in [0.4, 0.5) is 4.39 Å². The highest BCUT2D eigenvalue weighted by atomic mass is 35.5. The van der Waals surface area contributed by atoms with E-state index >= 15 is 0 Å². The van der Waals surface area contributed by atoms with Crippen molar-refractivity contribution in [3.8, 4) is 23.0 Å². The lowest BCUT2D eigenvalue weighted by molar-refractivity contribution is 0.335. The molecule has 1 aromatic carbocycles. The summed E-state index contributed by atoms with van der Waals surface area (Å²) in [4.78, 5) is 8.64. The van der Waals surface area contributed by atoms with Crippen molar-refractivity contribution in [2.24, 2.45) is 0 Å². The summed E-state index contributed by atoms with van der Waals surface area (Å²) in [7, 11) is 0. The molecule has 0 radical (unpaired) electrons. The highest BCUT2D eigenvalue weighted by Gasteiger charge is 2.25. The maximum Gasteiger partial charge on any atom is 0.280 e. The molecule has 7 heteroatoms. The Morgan fingerprint density at radius 2 is 2.09 bits per heavy atom. The Balaban J connectivity index is 1.64. The van der Waals surface area contributed by atoms with Crippen LogP contribution in [0.2, 0.25) is 5.02 Å². The number of benzene rings is 1. The molecule has 1 fully saturated rings. The van der Waals surface area contributed by atoms with E-state index in [0.29, 0.717) is 23.1 Å². The predicted molar refractivity (Wildman–Crippen MR) is 76.8 cm³/mol. The lowest BCUT2D eigenvalue weighted by Gasteiger charge is -2.21. The van der Waals surface area contributed by atoms with Crippen molar-refractivity contribution in [3.05, 3.63) is 41.2 Å². The molecule has 0 unspecified atom stereocenters. The van der Waals surface area contributed by atoms with E-state index in [0.717, 1.165) is 12.8 Å². The van der Waals surface area contributed by atoms with Gasteiger partial charge in [-0.05, 0) is 31.0 Å². The van der Waals surface area contributed by atoms with Crippen LogP contribution in [0.25, 0.3) is 23.0 Å². The van der Waals surface area contributed by atoms with Gasteiger partial charge in [0.25, 0.3) is 5.89 Å². The third-order valence-electron chi connectivity index (χ3n) is 3.79. The van der Waals surface area contributed by atoms with Crippen LogP contribution in [0.15, 0.2) is 33.4 Å². The quantitative estimate of drug-likeness (QED) is 0.713. The smallest absolute Gasteiger partial charge is 0.280 e. The van der Waals surface area contributed by atoms with Gasteiger partial charge in [-0.1, -0.05) is 23.2 Å². The molecular weight excluding hydrogens is 309 g/mol. The highest BCUT2D eigenvalue weighted by molar-refractivity contribution is 6.33. The number of hydrogen-bond acceptors (Lipinski definition) is 5. The SMILES string of the molecule is Fc1ccc(-c2noc(-c3coc(C4CCC4)n3)n2)c(Cl)c1. The fourth-order valence-electron chi connectivity index (χ4n) is 2.34. The van der Waals surface area contributed by atoms with E-state index in [1.54, 1.807) is 0 Å². The Kier molecular flexibility index (Phi) is 3.18. The van der Waals surface area contributed by atoms with Gasteiger partial charge in [0.15, 0.2) is 11.6 Å². The molecule has 4 rings (SSSR count). The molecule has 112 valence electrons. The number of nitrogens with zero attached hydrogens (tertiary/aromatic N) is 3. The second-order valence-corrected chi connectivity index (χ2v) is 5.65. The van der Waals surface area contributed by atoms with Crippen molar-refractivity contribution < 1.29 is 13.3 Å². The maximum atomic E-state index is 13.1. The van der Waals surface area contributed by atoms with Crippen LogP contribution < -0.4 is 0 Å². The molecule has 0 spiro atoms. The van der Waals surface area contributed by atoms with Crippen LogP contribution in [0, 0.1) is 5.82 Å². The standard InChI is InChI=1S/C15H11ClFN3O2/c16-11-6-9(17)4-5-10(11)13-19-15(22-20-13)12-7-21-14(18-12)8-2-1-3-8/h4-8H,1-3H2. The Hall–Kier alpha value is -2.21. The summed E-state index contributed by atoms with van der Waals surface area (Å²) in [6.07, 6.45) is 4.91. The van der Waals surface area contributed by atoms with Gasteiger partial charge in [-0.15, -0.1) is 0 Å². The van der Waals surface area contributed by atoms with Crippen LogP contribution in [0.1, 0.15) is 31.1 Å². The van der Waals surface area contributed by atoms with Crippen LogP contribution in [-0.2, 0) is 0 Å². The summed E-state index contributed by atoms with van der Waals surface area (Å²) in [5, 5.41) is 4.09. The number of rotatable bonds is 3. The minimum Gasteiger partial charge on any atom is -0.448 e. The van der Waals surface area contributed by atoms with E-state index in [9.17, 15) is 4.39 Å². The number of hydrogen-bond donors (Lipinski definition) is 0. The van der Waals surface area contributed by atoms with Gasteiger partial charge < -0.3 is 8.94 Å². The van der Waals surface area contributed by atoms with Crippen LogP contribution in [-0.4, -0.2) is 15.1 Å². The van der Waals surface area contributed by atoms with Crippen LogP contribution in [0.5, 0.6) is 0 Å².